The van der Waals surface area contributed by atoms with Gasteiger partial charge in [0.2, 0.25) is 5.91 Å². The number of rotatable bonds is 6. The van der Waals surface area contributed by atoms with Crippen LogP contribution < -0.4 is 10.2 Å². The highest BCUT2D eigenvalue weighted by atomic mass is 35.5. The summed E-state index contributed by atoms with van der Waals surface area (Å²) >= 11 is 5.91. The first-order valence-electron chi connectivity index (χ1n) is 9.40. The maximum Gasteiger partial charge on any atom is 0.332 e. The third-order valence-corrected chi connectivity index (χ3v) is 5.07. The highest BCUT2D eigenvalue weighted by Gasteiger charge is 2.47. The van der Waals surface area contributed by atoms with Crippen LogP contribution in [0.15, 0.2) is 71.3 Å². The van der Waals surface area contributed by atoms with Crippen LogP contribution in [0.3, 0.4) is 0 Å². The summed E-state index contributed by atoms with van der Waals surface area (Å²) in [5.74, 6) is -0.978. The first kappa shape index (κ1) is 20.6. The molecular formula is C22H17ClFN3O4. The Morgan fingerprint density at radius 3 is 2.42 bits per heavy atom. The van der Waals surface area contributed by atoms with Gasteiger partial charge in [-0.1, -0.05) is 11.6 Å². The number of hydrogen-bond acceptors (Lipinski definition) is 4. The summed E-state index contributed by atoms with van der Waals surface area (Å²) in [6.45, 7) is 0.0240. The molecule has 1 atom stereocenters. The van der Waals surface area contributed by atoms with Gasteiger partial charge in [-0.2, -0.15) is 0 Å². The number of carbonyl (C=O) groups is 3. The smallest absolute Gasteiger partial charge is 0.332 e. The van der Waals surface area contributed by atoms with Gasteiger partial charge in [-0.05, 0) is 60.7 Å². The third kappa shape index (κ3) is 4.44. The number of urea groups is 1. The first-order chi connectivity index (χ1) is 14.9. The predicted molar refractivity (Wildman–Crippen MR) is 112 cm³/mol. The van der Waals surface area contributed by atoms with Crippen molar-refractivity contribution in [1.82, 2.24) is 4.90 Å². The van der Waals surface area contributed by atoms with Crippen LogP contribution in [0.25, 0.3) is 0 Å². The quantitative estimate of drug-likeness (QED) is 0.573. The molecule has 4 rings (SSSR count). The summed E-state index contributed by atoms with van der Waals surface area (Å²) in [5, 5.41) is 3.08. The van der Waals surface area contributed by atoms with Crippen molar-refractivity contribution in [2.45, 2.75) is 19.0 Å². The Morgan fingerprint density at radius 2 is 1.77 bits per heavy atom. The monoisotopic (exact) mass is 441 g/mol. The lowest BCUT2D eigenvalue weighted by molar-refractivity contribution is -0.124. The molecule has 7 nitrogen and oxygen atoms in total. The van der Waals surface area contributed by atoms with Crippen LogP contribution >= 0.6 is 11.6 Å². The van der Waals surface area contributed by atoms with E-state index in [1.54, 1.807) is 36.4 Å². The number of anilines is 2. The zero-order valence-corrected chi connectivity index (χ0v) is 16.9. The molecular weight excluding hydrogens is 425 g/mol. The van der Waals surface area contributed by atoms with E-state index in [2.05, 4.69) is 5.32 Å². The number of carbonyl (C=O) groups excluding carboxylic acids is 3. The maximum absolute atomic E-state index is 13.1. The van der Waals surface area contributed by atoms with Crippen molar-refractivity contribution >= 4 is 40.8 Å². The van der Waals surface area contributed by atoms with Crippen LogP contribution in [0.4, 0.5) is 20.6 Å². The molecule has 158 valence electrons. The van der Waals surface area contributed by atoms with E-state index in [0.717, 1.165) is 4.90 Å². The van der Waals surface area contributed by atoms with Gasteiger partial charge in [0, 0.05) is 10.7 Å². The molecule has 4 amide bonds. The number of benzene rings is 2. The van der Waals surface area contributed by atoms with E-state index in [1.165, 1.54) is 35.4 Å². The van der Waals surface area contributed by atoms with E-state index in [1.807, 2.05) is 0 Å². The second-order valence-corrected chi connectivity index (χ2v) is 7.35. The molecule has 0 saturated carbocycles. The lowest BCUT2D eigenvalue weighted by Gasteiger charge is -2.20. The van der Waals surface area contributed by atoms with Crippen molar-refractivity contribution in [1.29, 1.82) is 0 Å². The van der Waals surface area contributed by atoms with Crippen LogP contribution in [-0.4, -0.2) is 28.8 Å². The molecule has 2 aromatic carbocycles. The van der Waals surface area contributed by atoms with Crippen molar-refractivity contribution in [3.63, 3.8) is 0 Å². The van der Waals surface area contributed by atoms with Gasteiger partial charge in [0.25, 0.3) is 5.91 Å². The fourth-order valence-electron chi connectivity index (χ4n) is 3.33. The third-order valence-electron chi connectivity index (χ3n) is 4.82. The normalized spacial score (nSPS) is 16.1. The van der Waals surface area contributed by atoms with Crippen LogP contribution in [0.2, 0.25) is 5.02 Å². The number of hydrogen-bond donors (Lipinski definition) is 1. The average molecular weight is 442 g/mol. The van der Waals surface area contributed by atoms with Crippen molar-refractivity contribution < 1.29 is 23.2 Å². The highest BCUT2D eigenvalue weighted by Crippen LogP contribution is 2.29. The molecule has 0 radical (unpaired) electrons. The molecule has 31 heavy (non-hydrogen) atoms. The molecule has 9 heteroatoms. The Labute approximate surface area is 182 Å². The molecule has 1 saturated heterocycles. The van der Waals surface area contributed by atoms with E-state index >= 15 is 0 Å². The average Bonchev–Trinajstić information content (AvgIpc) is 3.33. The summed E-state index contributed by atoms with van der Waals surface area (Å²) in [4.78, 5) is 41.1. The molecule has 2 heterocycles. The van der Waals surface area contributed by atoms with E-state index in [9.17, 15) is 18.8 Å². The second kappa shape index (κ2) is 8.61. The number of furan rings is 1. The zero-order valence-electron chi connectivity index (χ0n) is 16.1. The summed E-state index contributed by atoms with van der Waals surface area (Å²) in [5.41, 5.74) is 0.737. The Morgan fingerprint density at radius 1 is 1.06 bits per heavy atom. The van der Waals surface area contributed by atoms with Crippen molar-refractivity contribution in [2.24, 2.45) is 0 Å². The lowest BCUT2D eigenvalue weighted by atomic mass is 10.1. The largest absolute Gasteiger partial charge is 0.467 e. The number of imide groups is 1. The molecule has 0 spiro atoms. The Balaban J connectivity index is 1.58. The molecule has 1 aliphatic heterocycles. The number of nitrogens with one attached hydrogen (secondary N) is 1. The van der Waals surface area contributed by atoms with Crippen molar-refractivity contribution in [3.8, 4) is 0 Å². The molecule has 1 fully saturated rings. The van der Waals surface area contributed by atoms with Gasteiger partial charge in [0.1, 0.15) is 17.6 Å². The fraction of sp³-hybridized carbons (Fsp3) is 0.136. The van der Waals surface area contributed by atoms with E-state index in [4.69, 9.17) is 16.0 Å². The minimum atomic E-state index is -1.03. The standard InChI is InChI=1S/C22H17ClFN3O4/c23-14-3-9-17(10-4-14)27-21(29)19(26(22(27)30)13-18-2-1-11-31-18)12-20(28)25-16-7-5-15(24)6-8-16/h1-11,19H,12-13H2,(H,25,28)/t19-/m0/s1. The van der Waals surface area contributed by atoms with Gasteiger partial charge in [0.15, 0.2) is 0 Å². The van der Waals surface area contributed by atoms with Gasteiger partial charge in [-0.3, -0.25) is 9.59 Å². The molecule has 0 bridgehead atoms. The van der Waals surface area contributed by atoms with E-state index < -0.39 is 29.7 Å². The van der Waals surface area contributed by atoms with Crippen molar-refractivity contribution in [2.75, 3.05) is 10.2 Å². The Bertz CT molecular complexity index is 1100. The minimum absolute atomic E-state index is 0.0240. The fourth-order valence-corrected chi connectivity index (χ4v) is 3.46. The van der Waals surface area contributed by atoms with E-state index in [0.29, 0.717) is 22.2 Å². The van der Waals surface area contributed by atoms with Crippen molar-refractivity contribution in [3.05, 3.63) is 83.5 Å². The molecule has 1 aromatic heterocycles. The summed E-state index contributed by atoms with van der Waals surface area (Å²) in [7, 11) is 0. The summed E-state index contributed by atoms with van der Waals surface area (Å²) in [6.07, 6.45) is 1.19. The van der Waals surface area contributed by atoms with Gasteiger partial charge >= 0.3 is 6.03 Å². The predicted octanol–water partition coefficient (Wildman–Crippen LogP) is 4.44. The Kier molecular flexibility index (Phi) is 5.73. The van der Waals surface area contributed by atoms with Gasteiger partial charge in [-0.25, -0.2) is 14.1 Å². The van der Waals surface area contributed by atoms with Gasteiger partial charge in [0.05, 0.1) is 24.9 Å². The molecule has 1 N–H and O–H groups in total. The van der Waals surface area contributed by atoms with Gasteiger partial charge in [-0.15, -0.1) is 0 Å². The van der Waals surface area contributed by atoms with Crippen LogP contribution in [0.1, 0.15) is 12.2 Å². The first-order valence-corrected chi connectivity index (χ1v) is 9.78. The Hall–Kier alpha value is -3.65. The number of amides is 4. The van der Waals surface area contributed by atoms with Crippen LogP contribution in [0.5, 0.6) is 0 Å². The summed E-state index contributed by atoms with van der Waals surface area (Å²) in [6, 6.07) is 13.3. The minimum Gasteiger partial charge on any atom is -0.467 e. The second-order valence-electron chi connectivity index (χ2n) is 6.91. The van der Waals surface area contributed by atoms with E-state index in [-0.39, 0.29) is 13.0 Å². The summed E-state index contributed by atoms with van der Waals surface area (Å²) < 4.78 is 18.4. The molecule has 0 unspecified atom stereocenters. The number of halogens is 2. The molecule has 3 aromatic rings. The highest BCUT2D eigenvalue weighted by molar-refractivity contribution is 6.30. The molecule has 0 aliphatic carbocycles. The molecule has 1 aliphatic rings. The van der Waals surface area contributed by atoms with Gasteiger partial charge < -0.3 is 14.6 Å². The lowest BCUT2D eigenvalue weighted by Crippen LogP contribution is -2.37. The topological polar surface area (TPSA) is 82.9 Å². The van der Waals surface area contributed by atoms with Crippen LogP contribution in [0, 0.1) is 5.82 Å². The van der Waals surface area contributed by atoms with Crippen LogP contribution in [-0.2, 0) is 16.1 Å². The maximum atomic E-state index is 13.1. The SMILES string of the molecule is O=C(C[C@H]1C(=O)N(c2ccc(Cl)cc2)C(=O)N1Cc1ccco1)Nc1ccc(F)cc1. The number of nitrogens with zero attached hydrogens (tertiary/aromatic N) is 2. The zero-order chi connectivity index (χ0) is 22.0.